The van der Waals surface area contributed by atoms with Crippen molar-refractivity contribution < 1.29 is 23.9 Å². The molecule has 1 fully saturated rings. The average molecular weight is 584 g/mol. The second kappa shape index (κ2) is 13.8. The zero-order valence-corrected chi connectivity index (χ0v) is 24.2. The van der Waals surface area contributed by atoms with Crippen molar-refractivity contribution in [1.29, 1.82) is 0 Å². The minimum absolute atomic E-state index is 0.165. The Hall–Kier alpha value is -4.63. The normalized spacial score (nSPS) is 13.7. The summed E-state index contributed by atoms with van der Waals surface area (Å²) in [5.41, 5.74) is 1.52. The summed E-state index contributed by atoms with van der Waals surface area (Å²) in [6.45, 7) is 3.38. The Labute approximate surface area is 249 Å². The monoisotopic (exact) mass is 583 g/mol. The lowest BCUT2D eigenvalue weighted by Crippen LogP contribution is -2.54. The Morgan fingerprint density at radius 3 is 2.02 bits per heavy atom. The molecular formula is C33H33N3O5S. The van der Waals surface area contributed by atoms with Crippen LogP contribution < -0.4 is 9.64 Å². The third-order valence-corrected chi connectivity index (χ3v) is 7.95. The molecule has 5 rings (SSSR count). The molecule has 0 saturated carbocycles. The lowest BCUT2D eigenvalue weighted by atomic mass is 10.1. The molecule has 0 bridgehead atoms. The standard InChI is InChI=1S/C33H33N3O5S/c1-2-30(37)36(26-15-17-28(18-16-26)41-27-12-7-4-8-13-27)31(29-14-9-23-42-29)32(38)34-19-21-35(22-20-34)33(39)40-24-25-10-5-3-6-11-25/h3-18,23,31H,2,19-22,24H2,1H3. The number of benzene rings is 3. The van der Waals surface area contributed by atoms with Crippen LogP contribution in [0.1, 0.15) is 29.8 Å². The van der Waals surface area contributed by atoms with Crippen LogP contribution in [0.4, 0.5) is 10.5 Å². The number of thiophene rings is 1. The Morgan fingerprint density at radius 1 is 0.786 bits per heavy atom. The Kier molecular flexibility index (Phi) is 9.51. The molecule has 0 N–H and O–H groups in total. The quantitative estimate of drug-likeness (QED) is 0.225. The second-order valence-electron chi connectivity index (χ2n) is 9.80. The van der Waals surface area contributed by atoms with Gasteiger partial charge in [-0.3, -0.25) is 14.5 Å². The van der Waals surface area contributed by atoms with Crippen LogP contribution in [-0.4, -0.2) is 53.9 Å². The van der Waals surface area contributed by atoms with Gasteiger partial charge in [0.1, 0.15) is 24.1 Å². The molecule has 0 aliphatic carbocycles. The molecule has 1 atom stereocenters. The number of anilines is 1. The maximum Gasteiger partial charge on any atom is 0.410 e. The predicted octanol–water partition coefficient (Wildman–Crippen LogP) is 6.51. The van der Waals surface area contributed by atoms with E-state index in [1.54, 1.807) is 45.9 Å². The number of ether oxygens (including phenoxy) is 2. The van der Waals surface area contributed by atoms with Crippen LogP contribution in [0.15, 0.2) is 102 Å². The number of rotatable bonds is 9. The van der Waals surface area contributed by atoms with E-state index in [0.29, 0.717) is 43.4 Å². The summed E-state index contributed by atoms with van der Waals surface area (Å²) in [7, 11) is 0. The van der Waals surface area contributed by atoms with Gasteiger partial charge in [-0.1, -0.05) is 61.5 Å². The average Bonchev–Trinajstić information content (AvgIpc) is 3.58. The van der Waals surface area contributed by atoms with Crippen LogP contribution in [0.25, 0.3) is 0 Å². The molecule has 1 aliphatic heterocycles. The van der Waals surface area contributed by atoms with Gasteiger partial charge < -0.3 is 19.3 Å². The van der Waals surface area contributed by atoms with E-state index in [2.05, 4.69) is 0 Å². The van der Waals surface area contributed by atoms with E-state index in [1.807, 2.05) is 78.2 Å². The first-order chi connectivity index (χ1) is 20.5. The van der Waals surface area contributed by atoms with E-state index in [1.165, 1.54) is 11.3 Å². The predicted molar refractivity (Wildman–Crippen MR) is 163 cm³/mol. The number of nitrogens with zero attached hydrogens (tertiary/aromatic N) is 3. The van der Waals surface area contributed by atoms with E-state index in [4.69, 9.17) is 9.47 Å². The number of hydrogen-bond donors (Lipinski definition) is 0. The van der Waals surface area contributed by atoms with Gasteiger partial charge in [0.05, 0.1) is 0 Å². The molecule has 1 aliphatic rings. The van der Waals surface area contributed by atoms with Crippen molar-refractivity contribution >= 4 is 34.9 Å². The summed E-state index contributed by atoms with van der Waals surface area (Å²) in [5.74, 6) is 0.993. The van der Waals surface area contributed by atoms with Gasteiger partial charge in [0.2, 0.25) is 5.91 Å². The van der Waals surface area contributed by atoms with Crippen LogP contribution in [0.3, 0.4) is 0 Å². The third-order valence-electron chi connectivity index (χ3n) is 7.02. The summed E-state index contributed by atoms with van der Waals surface area (Å²) in [4.78, 5) is 45.9. The van der Waals surface area contributed by atoms with Gasteiger partial charge in [-0.25, -0.2) is 4.79 Å². The molecule has 42 heavy (non-hydrogen) atoms. The van der Waals surface area contributed by atoms with Gasteiger partial charge in [0.15, 0.2) is 0 Å². The van der Waals surface area contributed by atoms with Gasteiger partial charge in [-0.15, -0.1) is 11.3 Å². The molecule has 0 radical (unpaired) electrons. The van der Waals surface area contributed by atoms with Crippen molar-refractivity contribution in [2.75, 3.05) is 31.1 Å². The second-order valence-corrected chi connectivity index (χ2v) is 10.8. The molecule has 216 valence electrons. The summed E-state index contributed by atoms with van der Waals surface area (Å²) in [5, 5.41) is 1.90. The van der Waals surface area contributed by atoms with Gasteiger partial charge in [0.25, 0.3) is 5.91 Å². The minimum Gasteiger partial charge on any atom is -0.457 e. The highest BCUT2D eigenvalue weighted by Crippen LogP contribution is 2.34. The summed E-state index contributed by atoms with van der Waals surface area (Å²) < 4.78 is 11.4. The highest BCUT2D eigenvalue weighted by Gasteiger charge is 2.37. The number of para-hydroxylation sites is 1. The third kappa shape index (κ3) is 6.98. The maximum absolute atomic E-state index is 14.1. The molecule has 0 spiro atoms. The topological polar surface area (TPSA) is 79.4 Å². The lowest BCUT2D eigenvalue weighted by molar-refractivity contribution is -0.136. The molecular weight excluding hydrogens is 550 g/mol. The lowest BCUT2D eigenvalue weighted by Gasteiger charge is -2.38. The van der Waals surface area contributed by atoms with Crippen LogP contribution in [0, 0.1) is 0 Å². The highest BCUT2D eigenvalue weighted by molar-refractivity contribution is 7.10. The number of amides is 3. The van der Waals surface area contributed by atoms with E-state index in [9.17, 15) is 14.4 Å². The molecule has 3 aromatic carbocycles. The molecule has 9 heteroatoms. The van der Waals surface area contributed by atoms with Gasteiger partial charge in [0, 0.05) is 43.2 Å². The number of carbonyl (C=O) groups is 3. The van der Waals surface area contributed by atoms with Crippen molar-refractivity contribution in [2.45, 2.75) is 26.0 Å². The smallest absolute Gasteiger partial charge is 0.410 e. The van der Waals surface area contributed by atoms with Gasteiger partial charge >= 0.3 is 6.09 Å². The first-order valence-electron chi connectivity index (χ1n) is 14.0. The van der Waals surface area contributed by atoms with E-state index in [0.717, 1.165) is 10.4 Å². The van der Waals surface area contributed by atoms with Crippen molar-refractivity contribution in [3.63, 3.8) is 0 Å². The van der Waals surface area contributed by atoms with Gasteiger partial charge in [-0.05, 0) is 53.4 Å². The highest BCUT2D eigenvalue weighted by atomic mass is 32.1. The fraction of sp³-hybridized carbons (Fsp3) is 0.242. The molecule has 8 nitrogen and oxygen atoms in total. The van der Waals surface area contributed by atoms with Crippen molar-refractivity contribution in [3.05, 3.63) is 113 Å². The molecule has 2 heterocycles. The Balaban J connectivity index is 1.30. The molecule has 3 amide bonds. The van der Waals surface area contributed by atoms with Crippen molar-refractivity contribution in [2.24, 2.45) is 0 Å². The summed E-state index contributed by atoms with van der Waals surface area (Å²) in [6, 6.07) is 29.1. The first kappa shape index (κ1) is 28.9. The molecule has 1 saturated heterocycles. The Bertz CT molecular complexity index is 1450. The first-order valence-corrected chi connectivity index (χ1v) is 14.8. The Morgan fingerprint density at radius 2 is 1.40 bits per heavy atom. The maximum atomic E-state index is 14.1. The number of carbonyl (C=O) groups excluding carboxylic acids is 3. The SMILES string of the molecule is CCC(=O)N(c1ccc(Oc2ccccc2)cc1)C(C(=O)N1CCN(C(=O)OCc2ccccc2)CC1)c1cccs1. The molecule has 1 unspecified atom stereocenters. The van der Waals surface area contributed by atoms with Crippen LogP contribution in [0.5, 0.6) is 11.5 Å². The van der Waals surface area contributed by atoms with Crippen molar-refractivity contribution in [1.82, 2.24) is 9.80 Å². The zero-order valence-electron chi connectivity index (χ0n) is 23.4. The largest absolute Gasteiger partial charge is 0.457 e. The van der Waals surface area contributed by atoms with Crippen LogP contribution >= 0.6 is 11.3 Å². The van der Waals surface area contributed by atoms with E-state index in [-0.39, 0.29) is 24.8 Å². The van der Waals surface area contributed by atoms with Crippen LogP contribution in [0.2, 0.25) is 0 Å². The minimum atomic E-state index is -0.824. The summed E-state index contributed by atoms with van der Waals surface area (Å²) >= 11 is 1.44. The van der Waals surface area contributed by atoms with E-state index < -0.39 is 12.1 Å². The number of hydrogen-bond acceptors (Lipinski definition) is 6. The fourth-order valence-corrected chi connectivity index (χ4v) is 5.61. The number of piperazine rings is 1. The van der Waals surface area contributed by atoms with E-state index >= 15 is 0 Å². The van der Waals surface area contributed by atoms with Crippen molar-refractivity contribution in [3.8, 4) is 11.5 Å². The fourth-order valence-electron chi connectivity index (χ4n) is 4.81. The summed E-state index contributed by atoms with van der Waals surface area (Å²) in [6.07, 6.45) is -0.167. The zero-order chi connectivity index (χ0) is 29.3. The molecule has 4 aromatic rings. The van der Waals surface area contributed by atoms with Gasteiger partial charge in [-0.2, -0.15) is 0 Å². The van der Waals surface area contributed by atoms with Crippen LogP contribution in [-0.2, 0) is 20.9 Å². The molecule has 1 aromatic heterocycles.